The summed E-state index contributed by atoms with van der Waals surface area (Å²) in [7, 11) is 0. The molecule has 2 aromatic rings. The molecule has 0 aliphatic carbocycles. The van der Waals surface area contributed by atoms with E-state index in [2.05, 4.69) is 31.0 Å². The highest BCUT2D eigenvalue weighted by atomic mass is 35.5. The Hall–Kier alpha value is -1.89. The second kappa shape index (κ2) is 13.6. The van der Waals surface area contributed by atoms with Crippen molar-refractivity contribution in [2.24, 2.45) is 0 Å². The summed E-state index contributed by atoms with van der Waals surface area (Å²) >= 11 is 5.97. The van der Waals surface area contributed by atoms with Crippen LogP contribution in [0.2, 0.25) is 5.02 Å². The molecule has 0 saturated carbocycles. The Balaban J connectivity index is 0.00000114. The van der Waals surface area contributed by atoms with E-state index in [-0.39, 0.29) is 11.7 Å². The number of nitrogens with one attached hydrogen (secondary N) is 1. The normalized spacial score (nSPS) is 13.5. The molecule has 0 atom stereocenters. The van der Waals surface area contributed by atoms with Crippen molar-refractivity contribution in [2.75, 3.05) is 18.6 Å². The average Bonchev–Trinajstić information content (AvgIpc) is 2.77. The second-order valence-corrected chi connectivity index (χ2v) is 8.94. The Morgan fingerprint density at radius 3 is 2.50 bits per heavy atom. The maximum Gasteiger partial charge on any atom is 0.259 e. The van der Waals surface area contributed by atoms with Crippen molar-refractivity contribution in [3.63, 3.8) is 0 Å². The zero-order valence-corrected chi connectivity index (χ0v) is 21.0. The van der Waals surface area contributed by atoms with Crippen molar-refractivity contribution in [3.05, 3.63) is 56.5 Å². The van der Waals surface area contributed by atoms with Crippen LogP contribution >= 0.6 is 11.6 Å². The summed E-state index contributed by atoms with van der Waals surface area (Å²) in [4.78, 5) is 20.3. The third kappa shape index (κ3) is 7.91. The number of nitrogens with zero attached hydrogens (tertiary/aromatic N) is 3. The lowest BCUT2D eigenvalue weighted by molar-refractivity contribution is -0.0130. The van der Waals surface area contributed by atoms with E-state index >= 15 is 0 Å². The highest BCUT2D eigenvalue weighted by Crippen LogP contribution is 2.18. The molecule has 1 N–H and O–H groups in total. The number of hydrogen-bond acceptors (Lipinski definition) is 5. The predicted molar refractivity (Wildman–Crippen MR) is 133 cm³/mol. The smallest absolute Gasteiger partial charge is 0.259 e. The maximum atomic E-state index is 13.3. The van der Waals surface area contributed by atoms with Gasteiger partial charge in [-0.1, -0.05) is 57.3 Å². The third-order valence-electron chi connectivity index (χ3n) is 5.08. The molecule has 6 nitrogen and oxygen atoms in total. The topological polar surface area (TPSA) is 59.4 Å². The first-order chi connectivity index (χ1) is 15.4. The SMILES string of the molecule is CCC.CCCCn1c(NCc2ccc(Cl)cc2)nc2c(c1=O)CN(COC(C)C)CC2. The van der Waals surface area contributed by atoms with Gasteiger partial charge in [0.15, 0.2) is 0 Å². The molecule has 0 radical (unpaired) electrons. The van der Waals surface area contributed by atoms with Gasteiger partial charge in [0, 0.05) is 37.6 Å². The lowest BCUT2D eigenvalue weighted by Gasteiger charge is -2.29. The van der Waals surface area contributed by atoms with Gasteiger partial charge in [0.1, 0.15) is 0 Å². The molecule has 1 aliphatic heterocycles. The molecule has 0 bridgehead atoms. The van der Waals surface area contributed by atoms with Crippen molar-refractivity contribution < 1.29 is 4.74 Å². The van der Waals surface area contributed by atoms with Crippen LogP contribution in [0.25, 0.3) is 0 Å². The number of rotatable bonds is 9. The number of anilines is 1. The monoisotopic (exact) mass is 462 g/mol. The van der Waals surface area contributed by atoms with Gasteiger partial charge < -0.3 is 10.1 Å². The third-order valence-corrected chi connectivity index (χ3v) is 5.34. The quantitative estimate of drug-likeness (QED) is 0.535. The Kier molecular flexibility index (Phi) is 11.2. The van der Waals surface area contributed by atoms with Crippen LogP contribution in [-0.4, -0.2) is 33.8 Å². The Morgan fingerprint density at radius 2 is 1.88 bits per heavy atom. The summed E-state index contributed by atoms with van der Waals surface area (Å²) in [5.74, 6) is 0.657. The summed E-state index contributed by atoms with van der Waals surface area (Å²) in [5.41, 5.74) is 2.87. The Bertz CT molecular complexity index is 881. The van der Waals surface area contributed by atoms with E-state index in [1.165, 1.54) is 6.42 Å². The summed E-state index contributed by atoms with van der Waals surface area (Å²) in [6.45, 7) is 13.7. The van der Waals surface area contributed by atoms with Crippen molar-refractivity contribution in [3.8, 4) is 0 Å². The molecular formula is C25H39ClN4O2. The summed E-state index contributed by atoms with van der Waals surface area (Å²) in [6.07, 6.45) is 4.15. The first kappa shape index (κ1) is 26.4. The van der Waals surface area contributed by atoms with Gasteiger partial charge in [-0.3, -0.25) is 14.3 Å². The molecule has 1 aromatic heterocycles. The van der Waals surface area contributed by atoms with E-state index < -0.39 is 0 Å². The molecule has 0 spiro atoms. The van der Waals surface area contributed by atoms with Crippen LogP contribution in [0.3, 0.4) is 0 Å². The zero-order valence-electron chi connectivity index (χ0n) is 20.3. The van der Waals surface area contributed by atoms with E-state index in [1.807, 2.05) is 38.1 Å². The number of benzene rings is 1. The molecule has 0 saturated heterocycles. The molecule has 2 heterocycles. The van der Waals surface area contributed by atoms with Gasteiger partial charge in [-0.2, -0.15) is 0 Å². The lowest BCUT2D eigenvalue weighted by Crippen LogP contribution is -2.40. The molecule has 0 amide bonds. The number of halogens is 1. The molecular weight excluding hydrogens is 424 g/mol. The van der Waals surface area contributed by atoms with Crippen molar-refractivity contribution >= 4 is 17.5 Å². The molecule has 1 aliphatic rings. The van der Waals surface area contributed by atoms with Crippen LogP contribution in [-0.2, 0) is 30.8 Å². The fourth-order valence-corrected chi connectivity index (χ4v) is 3.50. The minimum absolute atomic E-state index is 0.0660. The van der Waals surface area contributed by atoms with Gasteiger partial charge in [-0.05, 0) is 38.0 Å². The minimum Gasteiger partial charge on any atom is -0.363 e. The second-order valence-electron chi connectivity index (χ2n) is 8.51. The van der Waals surface area contributed by atoms with Gasteiger partial charge >= 0.3 is 0 Å². The minimum atomic E-state index is 0.0660. The van der Waals surface area contributed by atoms with Crippen LogP contribution in [0.5, 0.6) is 0 Å². The first-order valence-corrected chi connectivity index (χ1v) is 12.2. The van der Waals surface area contributed by atoms with E-state index in [0.717, 1.165) is 42.6 Å². The number of ether oxygens (including phenoxy) is 1. The molecule has 0 unspecified atom stereocenters. The maximum absolute atomic E-state index is 13.3. The van der Waals surface area contributed by atoms with E-state index in [0.29, 0.717) is 37.3 Å². The first-order valence-electron chi connectivity index (χ1n) is 11.8. The predicted octanol–water partition coefficient (Wildman–Crippen LogP) is 5.47. The largest absolute Gasteiger partial charge is 0.363 e. The molecule has 0 fully saturated rings. The van der Waals surface area contributed by atoms with Crippen LogP contribution < -0.4 is 10.9 Å². The fraction of sp³-hybridized carbons (Fsp3) is 0.600. The number of unbranched alkanes of at least 4 members (excludes halogenated alkanes) is 1. The highest BCUT2D eigenvalue weighted by Gasteiger charge is 2.23. The van der Waals surface area contributed by atoms with Crippen LogP contribution in [0.4, 0.5) is 5.95 Å². The summed E-state index contributed by atoms with van der Waals surface area (Å²) in [6, 6.07) is 7.71. The number of fused-ring (bicyclic) bond motifs is 1. The van der Waals surface area contributed by atoms with E-state index in [4.69, 9.17) is 21.3 Å². The fourth-order valence-electron chi connectivity index (χ4n) is 3.38. The standard InChI is InChI=1S/C22H31ClN4O2.C3H8/c1-4-5-11-27-21(28)19-14-26(15-29-16(2)3)12-10-20(19)25-22(27)24-13-17-6-8-18(23)9-7-17;1-3-2/h6-9,16H,4-5,10-15H2,1-3H3,(H,24,25);3H2,1-2H3. The Labute approximate surface area is 197 Å². The molecule has 3 rings (SSSR count). The molecule has 178 valence electrons. The van der Waals surface area contributed by atoms with Crippen LogP contribution in [0, 0.1) is 0 Å². The van der Waals surface area contributed by atoms with Crippen molar-refractivity contribution in [1.82, 2.24) is 14.5 Å². The van der Waals surface area contributed by atoms with Crippen LogP contribution in [0.15, 0.2) is 29.1 Å². The molecule has 1 aromatic carbocycles. The van der Waals surface area contributed by atoms with Gasteiger partial charge in [0.2, 0.25) is 5.95 Å². The Morgan fingerprint density at radius 1 is 1.19 bits per heavy atom. The molecule has 32 heavy (non-hydrogen) atoms. The van der Waals surface area contributed by atoms with E-state index in [9.17, 15) is 4.79 Å². The van der Waals surface area contributed by atoms with Gasteiger partial charge in [0.25, 0.3) is 5.56 Å². The van der Waals surface area contributed by atoms with Gasteiger partial charge in [-0.15, -0.1) is 0 Å². The number of hydrogen-bond donors (Lipinski definition) is 1. The lowest BCUT2D eigenvalue weighted by atomic mass is 10.1. The average molecular weight is 463 g/mol. The van der Waals surface area contributed by atoms with Gasteiger partial charge in [0.05, 0.1) is 24.1 Å². The molecule has 7 heteroatoms. The van der Waals surface area contributed by atoms with Crippen LogP contribution in [0.1, 0.15) is 70.7 Å². The van der Waals surface area contributed by atoms with Crippen molar-refractivity contribution in [2.45, 2.75) is 86.0 Å². The van der Waals surface area contributed by atoms with Gasteiger partial charge in [-0.25, -0.2) is 4.98 Å². The highest BCUT2D eigenvalue weighted by molar-refractivity contribution is 6.30. The number of aromatic nitrogens is 2. The summed E-state index contributed by atoms with van der Waals surface area (Å²) in [5, 5.41) is 4.09. The summed E-state index contributed by atoms with van der Waals surface area (Å²) < 4.78 is 7.52. The van der Waals surface area contributed by atoms with Crippen molar-refractivity contribution in [1.29, 1.82) is 0 Å². The zero-order chi connectivity index (χ0) is 23.5. The van der Waals surface area contributed by atoms with E-state index in [1.54, 1.807) is 4.57 Å².